The number of nitrogens with zero attached hydrogens (tertiary/aromatic N) is 1. The van der Waals surface area contributed by atoms with Crippen LogP contribution in [0.4, 0.5) is 0 Å². The Morgan fingerprint density at radius 1 is 1.29 bits per heavy atom. The third-order valence-corrected chi connectivity index (χ3v) is 2.73. The van der Waals surface area contributed by atoms with E-state index in [9.17, 15) is 10.2 Å². The molecule has 0 aromatic rings. The molecule has 0 radical (unpaired) electrons. The topological polar surface area (TPSA) is 73.2 Å². The Bertz CT molecular complexity index is 188. The highest BCUT2D eigenvalue weighted by molar-refractivity contribution is 4.90. The van der Waals surface area contributed by atoms with Crippen LogP contribution in [0.5, 0.6) is 0 Å². The molecule has 0 bridgehead atoms. The average molecular weight is 205 g/mol. The zero-order chi connectivity index (χ0) is 10.9. The SMILES string of the molecule is CC(C)N(C)C1OC(CO)C(O)C1O. The van der Waals surface area contributed by atoms with Crippen molar-refractivity contribution >= 4 is 0 Å². The molecule has 1 saturated heterocycles. The lowest BCUT2D eigenvalue weighted by atomic mass is 10.1. The van der Waals surface area contributed by atoms with E-state index in [-0.39, 0.29) is 12.6 Å². The van der Waals surface area contributed by atoms with Crippen molar-refractivity contribution in [2.45, 2.75) is 44.4 Å². The van der Waals surface area contributed by atoms with Crippen molar-refractivity contribution in [3.8, 4) is 0 Å². The molecule has 5 nitrogen and oxygen atoms in total. The largest absolute Gasteiger partial charge is 0.394 e. The maximum atomic E-state index is 9.65. The standard InChI is InChI=1S/C9H19NO4/c1-5(2)10(3)9-8(13)7(12)6(4-11)14-9/h5-9,11-13H,4H2,1-3H3. The van der Waals surface area contributed by atoms with Crippen LogP contribution < -0.4 is 0 Å². The molecule has 1 heterocycles. The fourth-order valence-electron chi connectivity index (χ4n) is 1.51. The molecule has 5 heteroatoms. The van der Waals surface area contributed by atoms with E-state index in [2.05, 4.69) is 0 Å². The van der Waals surface area contributed by atoms with E-state index >= 15 is 0 Å². The fraction of sp³-hybridized carbons (Fsp3) is 1.00. The van der Waals surface area contributed by atoms with Gasteiger partial charge in [-0.3, -0.25) is 4.90 Å². The molecule has 3 N–H and O–H groups in total. The van der Waals surface area contributed by atoms with Crippen molar-refractivity contribution in [2.24, 2.45) is 0 Å². The van der Waals surface area contributed by atoms with E-state index < -0.39 is 24.5 Å². The van der Waals surface area contributed by atoms with Crippen molar-refractivity contribution in [3.05, 3.63) is 0 Å². The number of hydrogen-bond donors (Lipinski definition) is 3. The lowest BCUT2D eigenvalue weighted by molar-refractivity contribution is -0.0977. The molecule has 84 valence electrons. The van der Waals surface area contributed by atoms with Gasteiger partial charge in [-0.1, -0.05) is 0 Å². The molecule has 1 aliphatic rings. The molecule has 0 amide bonds. The number of likely N-dealkylation sites (N-methyl/N-ethyl adjacent to an activating group) is 1. The van der Waals surface area contributed by atoms with Gasteiger partial charge in [-0.2, -0.15) is 0 Å². The van der Waals surface area contributed by atoms with Crippen LogP contribution in [0, 0.1) is 0 Å². The second kappa shape index (κ2) is 4.55. The monoisotopic (exact) mass is 205 g/mol. The molecule has 4 atom stereocenters. The zero-order valence-corrected chi connectivity index (χ0v) is 8.79. The maximum absolute atomic E-state index is 9.65. The van der Waals surface area contributed by atoms with E-state index in [1.165, 1.54) is 0 Å². The molecule has 0 saturated carbocycles. The minimum Gasteiger partial charge on any atom is -0.394 e. The van der Waals surface area contributed by atoms with Crippen LogP contribution in [0.15, 0.2) is 0 Å². The average Bonchev–Trinajstić information content (AvgIpc) is 2.43. The van der Waals surface area contributed by atoms with Gasteiger partial charge in [0.2, 0.25) is 0 Å². The van der Waals surface area contributed by atoms with Crippen LogP contribution in [-0.4, -0.2) is 64.5 Å². The van der Waals surface area contributed by atoms with Crippen LogP contribution in [-0.2, 0) is 4.74 Å². The highest BCUT2D eigenvalue weighted by Gasteiger charge is 2.44. The molecule has 1 fully saturated rings. The molecule has 0 aliphatic carbocycles. The molecule has 0 spiro atoms. The summed E-state index contributed by atoms with van der Waals surface area (Å²) >= 11 is 0. The van der Waals surface area contributed by atoms with Crippen molar-refractivity contribution < 1.29 is 20.1 Å². The van der Waals surface area contributed by atoms with Gasteiger partial charge >= 0.3 is 0 Å². The summed E-state index contributed by atoms with van der Waals surface area (Å²) in [5, 5.41) is 28.0. The minimum absolute atomic E-state index is 0.208. The van der Waals surface area contributed by atoms with Crippen molar-refractivity contribution in [1.29, 1.82) is 0 Å². The van der Waals surface area contributed by atoms with Gasteiger partial charge in [0.1, 0.15) is 24.5 Å². The van der Waals surface area contributed by atoms with Crippen LogP contribution in [0.25, 0.3) is 0 Å². The van der Waals surface area contributed by atoms with Gasteiger partial charge in [0.05, 0.1) is 6.61 Å². The zero-order valence-electron chi connectivity index (χ0n) is 8.79. The molecule has 4 unspecified atom stereocenters. The molecular formula is C9H19NO4. The Morgan fingerprint density at radius 3 is 2.21 bits per heavy atom. The molecule has 0 aromatic carbocycles. The first-order chi connectivity index (χ1) is 6.49. The minimum atomic E-state index is -1.01. The van der Waals surface area contributed by atoms with E-state index in [0.717, 1.165) is 0 Å². The Morgan fingerprint density at radius 2 is 1.86 bits per heavy atom. The van der Waals surface area contributed by atoms with E-state index in [0.29, 0.717) is 0 Å². The third-order valence-electron chi connectivity index (χ3n) is 2.73. The predicted octanol–water partition coefficient (Wildman–Crippen LogP) is -1.23. The van der Waals surface area contributed by atoms with Crippen LogP contribution in [0.3, 0.4) is 0 Å². The first-order valence-electron chi connectivity index (χ1n) is 4.83. The number of aliphatic hydroxyl groups is 3. The highest BCUT2D eigenvalue weighted by atomic mass is 16.6. The van der Waals surface area contributed by atoms with Crippen LogP contribution in [0.2, 0.25) is 0 Å². The lowest BCUT2D eigenvalue weighted by Gasteiger charge is -2.29. The van der Waals surface area contributed by atoms with Gasteiger partial charge in [-0.05, 0) is 20.9 Å². The van der Waals surface area contributed by atoms with Gasteiger partial charge < -0.3 is 20.1 Å². The Labute approximate surface area is 83.9 Å². The van der Waals surface area contributed by atoms with Crippen molar-refractivity contribution in [1.82, 2.24) is 4.90 Å². The van der Waals surface area contributed by atoms with E-state index in [1.54, 1.807) is 0 Å². The Balaban J connectivity index is 2.64. The van der Waals surface area contributed by atoms with E-state index in [1.807, 2.05) is 25.8 Å². The fourth-order valence-corrected chi connectivity index (χ4v) is 1.51. The summed E-state index contributed by atoms with van der Waals surface area (Å²) in [5.74, 6) is 0. The maximum Gasteiger partial charge on any atom is 0.140 e. The van der Waals surface area contributed by atoms with Crippen molar-refractivity contribution in [2.75, 3.05) is 13.7 Å². The molecular weight excluding hydrogens is 186 g/mol. The number of ether oxygens (including phenoxy) is 1. The van der Waals surface area contributed by atoms with Crippen LogP contribution >= 0.6 is 0 Å². The smallest absolute Gasteiger partial charge is 0.140 e. The number of rotatable bonds is 3. The predicted molar refractivity (Wildman–Crippen MR) is 50.7 cm³/mol. The van der Waals surface area contributed by atoms with Gasteiger partial charge in [-0.15, -0.1) is 0 Å². The molecule has 1 aliphatic heterocycles. The number of aliphatic hydroxyl groups excluding tert-OH is 3. The first-order valence-corrected chi connectivity index (χ1v) is 4.83. The molecule has 1 rings (SSSR count). The second-order valence-corrected chi connectivity index (χ2v) is 3.99. The number of hydrogen-bond acceptors (Lipinski definition) is 5. The van der Waals surface area contributed by atoms with Gasteiger partial charge in [-0.25, -0.2) is 0 Å². The summed E-state index contributed by atoms with van der Waals surface area (Å²) in [6.07, 6.45) is -3.19. The Kier molecular flexibility index (Phi) is 3.86. The summed E-state index contributed by atoms with van der Waals surface area (Å²) in [6, 6.07) is 0.208. The molecule has 14 heavy (non-hydrogen) atoms. The lowest BCUT2D eigenvalue weighted by Crippen LogP contribution is -2.45. The van der Waals surface area contributed by atoms with Gasteiger partial charge in [0, 0.05) is 6.04 Å². The first kappa shape index (κ1) is 11.9. The summed E-state index contributed by atoms with van der Waals surface area (Å²) in [7, 11) is 1.81. The highest BCUT2D eigenvalue weighted by Crippen LogP contribution is 2.24. The van der Waals surface area contributed by atoms with Gasteiger partial charge in [0.25, 0.3) is 0 Å². The summed E-state index contributed by atoms with van der Waals surface area (Å²) in [5.41, 5.74) is 0. The van der Waals surface area contributed by atoms with Crippen LogP contribution in [0.1, 0.15) is 13.8 Å². The molecule has 0 aromatic heterocycles. The normalized spacial score (nSPS) is 38.6. The quantitative estimate of drug-likeness (QED) is 0.538. The summed E-state index contributed by atoms with van der Waals surface area (Å²) < 4.78 is 5.33. The van der Waals surface area contributed by atoms with Gasteiger partial charge in [0.15, 0.2) is 0 Å². The van der Waals surface area contributed by atoms with Crippen molar-refractivity contribution in [3.63, 3.8) is 0 Å². The Hall–Kier alpha value is -0.200. The third kappa shape index (κ3) is 2.07. The second-order valence-electron chi connectivity index (χ2n) is 3.99. The summed E-state index contributed by atoms with van der Waals surface area (Å²) in [6.45, 7) is 3.66. The van der Waals surface area contributed by atoms with E-state index in [4.69, 9.17) is 9.84 Å². The summed E-state index contributed by atoms with van der Waals surface area (Å²) in [4.78, 5) is 1.82.